The second-order valence-electron chi connectivity index (χ2n) is 10.8. The number of fused-ring (bicyclic) bond motifs is 1. The summed E-state index contributed by atoms with van der Waals surface area (Å²) in [6, 6.07) is 14.9. The van der Waals surface area contributed by atoms with Crippen molar-refractivity contribution in [2.75, 3.05) is 38.5 Å². The molecular formula is C30H36N4O5S. The van der Waals surface area contributed by atoms with Crippen molar-refractivity contribution < 1.29 is 19.1 Å². The Balaban J connectivity index is 1.60. The van der Waals surface area contributed by atoms with E-state index in [1.807, 2.05) is 51.1 Å². The van der Waals surface area contributed by atoms with Crippen molar-refractivity contribution in [2.45, 2.75) is 45.8 Å². The van der Waals surface area contributed by atoms with E-state index in [-0.39, 0.29) is 29.1 Å². The third kappa shape index (κ3) is 6.91. The minimum absolute atomic E-state index is 0.0624. The van der Waals surface area contributed by atoms with Crippen LogP contribution in [0, 0.1) is 5.41 Å². The molecule has 0 atom stereocenters. The lowest BCUT2D eigenvalue weighted by Crippen LogP contribution is -2.50. The van der Waals surface area contributed by atoms with Crippen LogP contribution in [0.15, 0.2) is 58.5 Å². The molecule has 1 fully saturated rings. The van der Waals surface area contributed by atoms with Gasteiger partial charge in [0.25, 0.3) is 11.5 Å². The fourth-order valence-electron chi connectivity index (χ4n) is 4.36. The summed E-state index contributed by atoms with van der Waals surface area (Å²) in [4.78, 5) is 59.7. The summed E-state index contributed by atoms with van der Waals surface area (Å²) in [5.41, 5.74) is 1.24. The van der Waals surface area contributed by atoms with Gasteiger partial charge in [-0.2, -0.15) is 0 Å². The van der Waals surface area contributed by atoms with Crippen LogP contribution in [0.5, 0.6) is 0 Å². The number of hydrogen-bond donors (Lipinski definition) is 0. The first-order chi connectivity index (χ1) is 19.1. The van der Waals surface area contributed by atoms with Crippen LogP contribution < -0.4 is 5.56 Å². The number of benzene rings is 2. The predicted molar refractivity (Wildman–Crippen MR) is 156 cm³/mol. The molecule has 4 rings (SSSR count). The minimum atomic E-state index is -0.504. The number of ether oxygens (including phenoxy) is 1. The van der Waals surface area contributed by atoms with E-state index >= 15 is 0 Å². The van der Waals surface area contributed by atoms with Gasteiger partial charge in [-0.3, -0.25) is 19.0 Å². The Morgan fingerprint density at radius 3 is 2.30 bits per heavy atom. The molecule has 3 aromatic rings. The van der Waals surface area contributed by atoms with Crippen LogP contribution in [0.3, 0.4) is 0 Å². The van der Waals surface area contributed by atoms with E-state index < -0.39 is 5.41 Å². The van der Waals surface area contributed by atoms with Gasteiger partial charge in [-0.25, -0.2) is 9.78 Å². The van der Waals surface area contributed by atoms with E-state index in [0.29, 0.717) is 67.4 Å². The molecule has 0 N–H and O–H groups in total. The molecule has 1 aromatic heterocycles. The van der Waals surface area contributed by atoms with Crippen molar-refractivity contribution >= 4 is 40.4 Å². The maximum Gasteiger partial charge on any atom is 0.409 e. The second-order valence-corrected chi connectivity index (χ2v) is 11.7. The van der Waals surface area contributed by atoms with Crippen LogP contribution >= 0.6 is 11.8 Å². The zero-order valence-electron chi connectivity index (χ0n) is 23.5. The monoisotopic (exact) mass is 564 g/mol. The Hall–Kier alpha value is -3.66. The fraction of sp³-hybridized carbons (Fsp3) is 0.433. The van der Waals surface area contributed by atoms with Gasteiger partial charge in [0.2, 0.25) is 0 Å². The third-order valence-corrected chi connectivity index (χ3v) is 7.87. The molecule has 212 valence electrons. The van der Waals surface area contributed by atoms with E-state index in [2.05, 4.69) is 0 Å². The molecule has 10 heteroatoms. The molecule has 1 aliphatic rings. The van der Waals surface area contributed by atoms with Crippen LogP contribution in [0.4, 0.5) is 4.79 Å². The number of aromatic nitrogens is 2. The van der Waals surface area contributed by atoms with Crippen molar-refractivity contribution in [3.05, 3.63) is 70.0 Å². The van der Waals surface area contributed by atoms with Crippen molar-refractivity contribution in [2.24, 2.45) is 5.41 Å². The summed E-state index contributed by atoms with van der Waals surface area (Å²) in [6.45, 7) is 9.67. The Labute approximate surface area is 238 Å². The zero-order chi connectivity index (χ0) is 28.9. The highest BCUT2D eigenvalue weighted by atomic mass is 32.2. The van der Waals surface area contributed by atoms with E-state index in [1.54, 1.807) is 39.5 Å². The van der Waals surface area contributed by atoms with Crippen molar-refractivity contribution in [3.63, 3.8) is 0 Å². The number of ketones is 1. The molecule has 0 bridgehead atoms. The van der Waals surface area contributed by atoms with Crippen LogP contribution in [-0.4, -0.2) is 75.7 Å². The van der Waals surface area contributed by atoms with Gasteiger partial charge in [0.15, 0.2) is 5.16 Å². The molecule has 1 aliphatic heterocycles. The maximum absolute atomic E-state index is 13.6. The number of Topliss-reactive ketones (excluding diaryl/α,β-unsaturated/α-hetero) is 1. The number of hydrogen-bond acceptors (Lipinski definition) is 7. The first kappa shape index (κ1) is 29.3. The number of aryl methyl sites for hydroxylation is 1. The van der Waals surface area contributed by atoms with Crippen molar-refractivity contribution in [3.8, 4) is 0 Å². The Morgan fingerprint density at radius 2 is 1.65 bits per heavy atom. The quantitative estimate of drug-likeness (QED) is 0.298. The molecule has 0 unspecified atom stereocenters. The SMILES string of the molecule is CCOC(=O)N1CCN(C(=O)c2ccc3c(=O)n(CCc4ccccc4)c(SCC(=O)C(C)(C)C)nc3c2)CC1. The third-order valence-electron chi connectivity index (χ3n) is 6.90. The van der Waals surface area contributed by atoms with E-state index in [9.17, 15) is 19.2 Å². The predicted octanol–water partition coefficient (Wildman–Crippen LogP) is 4.26. The Bertz CT molecular complexity index is 1440. The summed E-state index contributed by atoms with van der Waals surface area (Å²) in [6.07, 6.45) is 0.270. The molecule has 0 aliphatic carbocycles. The lowest BCUT2D eigenvalue weighted by atomic mass is 9.92. The average Bonchev–Trinajstić information content (AvgIpc) is 2.95. The molecule has 0 spiro atoms. The first-order valence-electron chi connectivity index (χ1n) is 13.5. The molecule has 0 radical (unpaired) electrons. The summed E-state index contributed by atoms with van der Waals surface area (Å²) in [5, 5.41) is 0.877. The van der Waals surface area contributed by atoms with Crippen molar-refractivity contribution in [1.82, 2.24) is 19.4 Å². The maximum atomic E-state index is 13.6. The molecule has 9 nitrogen and oxygen atoms in total. The van der Waals surface area contributed by atoms with Gasteiger partial charge in [0.1, 0.15) is 5.78 Å². The lowest BCUT2D eigenvalue weighted by Gasteiger charge is -2.34. The number of nitrogens with zero attached hydrogens (tertiary/aromatic N) is 4. The minimum Gasteiger partial charge on any atom is -0.450 e. The molecule has 0 saturated carbocycles. The lowest BCUT2D eigenvalue weighted by molar-refractivity contribution is -0.123. The van der Waals surface area contributed by atoms with E-state index in [4.69, 9.17) is 9.72 Å². The van der Waals surface area contributed by atoms with Gasteiger partial charge in [0.05, 0.1) is 23.3 Å². The fourth-order valence-corrected chi connectivity index (χ4v) is 5.55. The number of amides is 2. The van der Waals surface area contributed by atoms with Crippen molar-refractivity contribution in [1.29, 1.82) is 0 Å². The number of rotatable bonds is 8. The molecule has 1 saturated heterocycles. The number of carbonyl (C=O) groups excluding carboxylic acids is 3. The van der Waals surface area contributed by atoms with Gasteiger partial charge in [-0.05, 0) is 37.1 Å². The number of piperazine rings is 1. The summed E-state index contributed by atoms with van der Waals surface area (Å²) in [7, 11) is 0. The number of carbonyl (C=O) groups is 3. The van der Waals surface area contributed by atoms with Gasteiger partial charge in [-0.1, -0.05) is 62.9 Å². The van der Waals surface area contributed by atoms with Gasteiger partial charge in [0, 0.05) is 43.7 Å². The number of thioether (sulfide) groups is 1. The van der Waals surface area contributed by atoms with E-state index in [0.717, 1.165) is 5.56 Å². The highest BCUT2D eigenvalue weighted by Crippen LogP contribution is 2.24. The van der Waals surface area contributed by atoms with Gasteiger partial charge >= 0.3 is 6.09 Å². The zero-order valence-corrected chi connectivity index (χ0v) is 24.3. The van der Waals surface area contributed by atoms with Crippen LogP contribution in [0.25, 0.3) is 10.9 Å². The molecule has 40 heavy (non-hydrogen) atoms. The molecule has 2 amide bonds. The smallest absolute Gasteiger partial charge is 0.409 e. The van der Waals surface area contributed by atoms with Gasteiger partial charge in [-0.15, -0.1) is 0 Å². The van der Waals surface area contributed by atoms with Crippen LogP contribution in [0.2, 0.25) is 0 Å². The largest absolute Gasteiger partial charge is 0.450 e. The first-order valence-corrected chi connectivity index (χ1v) is 14.5. The van der Waals surface area contributed by atoms with Crippen LogP contribution in [-0.2, 0) is 22.5 Å². The summed E-state index contributed by atoms with van der Waals surface area (Å²) < 4.78 is 6.69. The summed E-state index contributed by atoms with van der Waals surface area (Å²) in [5.74, 6) is 0.0702. The molecule has 2 aromatic carbocycles. The van der Waals surface area contributed by atoms with E-state index in [1.165, 1.54) is 11.8 Å². The van der Waals surface area contributed by atoms with Crippen LogP contribution in [0.1, 0.15) is 43.6 Å². The Morgan fingerprint density at radius 1 is 0.975 bits per heavy atom. The summed E-state index contributed by atoms with van der Waals surface area (Å²) >= 11 is 1.25. The topological polar surface area (TPSA) is 102 Å². The highest BCUT2D eigenvalue weighted by molar-refractivity contribution is 7.99. The normalized spacial score (nSPS) is 13.9. The second kappa shape index (κ2) is 12.7. The molecule has 2 heterocycles. The molecular weight excluding hydrogens is 528 g/mol. The standard InChI is InChI=1S/C30H36N4O5S/c1-5-39-29(38)33-17-15-32(16-18-33)26(36)22-11-12-23-24(19-22)31-28(40-20-25(35)30(2,3)4)34(27(23)37)14-13-21-9-7-6-8-10-21/h6-12,19H,5,13-18,20H2,1-4H3. The highest BCUT2D eigenvalue weighted by Gasteiger charge is 2.26. The Kier molecular flexibility index (Phi) is 9.29. The average molecular weight is 565 g/mol. The van der Waals surface area contributed by atoms with Gasteiger partial charge < -0.3 is 14.5 Å².